The number of nitrogens with one attached hydrogen (secondary N) is 2. The molecule has 170 valence electrons. The van der Waals surface area contributed by atoms with Gasteiger partial charge in [0.2, 0.25) is 0 Å². The number of benzene rings is 1. The summed E-state index contributed by atoms with van der Waals surface area (Å²) in [6.07, 6.45) is -0.241. The molecule has 7 heteroatoms. The molecule has 0 saturated heterocycles. The molecule has 1 aromatic carbocycles. The molecule has 0 aliphatic rings. The van der Waals surface area contributed by atoms with Gasteiger partial charge in [-0.15, -0.1) is 0 Å². The molecule has 0 aromatic heterocycles. The van der Waals surface area contributed by atoms with Crippen LogP contribution in [0.2, 0.25) is 0 Å². The summed E-state index contributed by atoms with van der Waals surface area (Å²) in [5.74, 6) is 0.0135. The van der Waals surface area contributed by atoms with E-state index < -0.39 is 23.4 Å². The number of hydrogen-bond donors (Lipinski definition) is 3. The number of hydrogen-bond acceptors (Lipinski definition) is 5. The average Bonchev–Trinajstić information content (AvgIpc) is 2.55. The molecular formula is C23H39N3O4. The van der Waals surface area contributed by atoms with Gasteiger partial charge in [-0.1, -0.05) is 23.8 Å². The van der Waals surface area contributed by atoms with Gasteiger partial charge in [0, 0.05) is 12.6 Å². The van der Waals surface area contributed by atoms with E-state index in [1.807, 2.05) is 67.5 Å². The molecule has 0 unspecified atom stereocenters. The Bertz CT molecular complexity index is 720. The number of carbonyl (C=O) groups excluding carboxylic acids is 2. The molecular weight excluding hydrogens is 382 g/mol. The maximum Gasteiger partial charge on any atom is 0.407 e. The van der Waals surface area contributed by atoms with Gasteiger partial charge in [-0.05, 0) is 85.4 Å². The van der Waals surface area contributed by atoms with Gasteiger partial charge in [-0.25, -0.2) is 9.59 Å². The number of rotatable bonds is 7. The summed E-state index contributed by atoms with van der Waals surface area (Å²) in [5.41, 5.74) is 8.12. The zero-order valence-corrected chi connectivity index (χ0v) is 19.7. The van der Waals surface area contributed by atoms with Crippen molar-refractivity contribution < 1.29 is 19.1 Å². The van der Waals surface area contributed by atoms with Gasteiger partial charge < -0.3 is 25.8 Å². The lowest BCUT2D eigenvalue weighted by Crippen LogP contribution is -2.44. The van der Waals surface area contributed by atoms with Gasteiger partial charge >= 0.3 is 12.2 Å². The first-order valence-corrected chi connectivity index (χ1v) is 10.4. The third kappa shape index (κ3) is 9.96. The summed E-state index contributed by atoms with van der Waals surface area (Å²) < 4.78 is 10.7. The minimum absolute atomic E-state index is 0.0135. The molecule has 30 heavy (non-hydrogen) atoms. The molecule has 0 bridgehead atoms. The number of amides is 2. The van der Waals surface area contributed by atoms with Crippen LogP contribution in [-0.4, -0.2) is 36.0 Å². The van der Waals surface area contributed by atoms with Crippen LogP contribution < -0.4 is 16.4 Å². The quantitative estimate of drug-likeness (QED) is 0.616. The Morgan fingerprint density at radius 3 is 2.10 bits per heavy atom. The summed E-state index contributed by atoms with van der Waals surface area (Å²) in [7, 11) is 0. The van der Waals surface area contributed by atoms with Crippen LogP contribution in [-0.2, 0) is 22.4 Å². The molecule has 0 heterocycles. The highest BCUT2D eigenvalue weighted by Crippen LogP contribution is 2.19. The average molecular weight is 422 g/mol. The van der Waals surface area contributed by atoms with Crippen LogP contribution in [0.1, 0.15) is 65.2 Å². The lowest BCUT2D eigenvalue weighted by Gasteiger charge is -2.27. The predicted octanol–water partition coefficient (Wildman–Crippen LogP) is 4.05. The maximum absolute atomic E-state index is 12.1. The van der Waals surface area contributed by atoms with E-state index in [0.717, 1.165) is 16.7 Å². The van der Waals surface area contributed by atoms with Crippen molar-refractivity contribution in [3.63, 3.8) is 0 Å². The van der Waals surface area contributed by atoms with Crippen LogP contribution in [0.25, 0.3) is 0 Å². The normalized spacial score (nSPS) is 13.9. The minimum Gasteiger partial charge on any atom is -0.444 e. The zero-order chi connectivity index (χ0) is 23.1. The second-order valence-corrected chi connectivity index (χ2v) is 9.76. The second-order valence-electron chi connectivity index (χ2n) is 9.76. The van der Waals surface area contributed by atoms with Crippen molar-refractivity contribution >= 4 is 12.2 Å². The van der Waals surface area contributed by atoms with Crippen LogP contribution in [0, 0.1) is 12.8 Å². The van der Waals surface area contributed by atoms with Gasteiger partial charge in [0.1, 0.15) is 11.2 Å². The number of nitrogens with two attached hydrogens (primary N) is 1. The monoisotopic (exact) mass is 421 g/mol. The van der Waals surface area contributed by atoms with Crippen molar-refractivity contribution in [2.75, 3.05) is 6.54 Å². The number of alkyl carbamates (subject to hydrolysis) is 2. The molecule has 1 aromatic rings. The SMILES string of the molecule is Cc1ccc(CNC(=O)OC(C)(C)C)c(C[C@@H](CN)[C@@H](C)NC(=O)OC(C)(C)C)c1. The highest BCUT2D eigenvalue weighted by molar-refractivity contribution is 5.68. The molecule has 0 saturated carbocycles. The topological polar surface area (TPSA) is 103 Å². The molecule has 0 aliphatic heterocycles. The van der Waals surface area contributed by atoms with Crippen LogP contribution in [0.15, 0.2) is 18.2 Å². The standard InChI is InChI=1S/C23H39N3O4/c1-15-9-10-17(14-25-20(27)29-22(3,4)5)18(11-15)12-19(13-24)16(2)26-21(28)30-23(6,7)8/h9-11,16,19H,12-14,24H2,1-8H3,(H,25,27)(H,26,28)/t16-,19+/m1/s1. The lowest BCUT2D eigenvalue weighted by atomic mass is 9.90. The third-order valence-corrected chi connectivity index (χ3v) is 4.42. The maximum atomic E-state index is 12.1. The fourth-order valence-electron chi connectivity index (χ4n) is 2.96. The predicted molar refractivity (Wildman–Crippen MR) is 119 cm³/mol. The molecule has 0 fully saturated rings. The third-order valence-electron chi connectivity index (χ3n) is 4.42. The summed E-state index contributed by atoms with van der Waals surface area (Å²) in [6.45, 7) is 15.7. The fraction of sp³-hybridized carbons (Fsp3) is 0.652. The molecule has 0 spiro atoms. The lowest BCUT2D eigenvalue weighted by molar-refractivity contribution is 0.0488. The van der Waals surface area contributed by atoms with E-state index in [1.165, 1.54) is 0 Å². The number of ether oxygens (including phenoxy) is 2. The largest absolute Gasteiger partial charge is 0.444 e. The van der Waals surface area contributed by atoms with Crippen LogP contribution >= 0.6 is 0 Å². The summed E-state index contributed by atoms with van der Waals surface area (Å²) >= 11 is 0. The van der Waals surface area contributed by atoms with Crippen molar-refractivity contribution in [1.29, 1.82) is 0 Å². The van der Waals surface area contributed by atoms with E-state index in [1.54, 1.807) is 0 Å². The van der Waals surface area contributed by atoms with Gasteiger partial charge in [-0.3, -0.25) is 0 Å². The molecule has 1 rings (SSSR count). The number of carbonyl (C=O) groups is 2. The summed E-state index contributed by atoms with van der Waals surface area (Å²) in [4.78, 5) is 24.1. The van der Waals surface area contributed by atoms with E-state index in [9.17, 15) is 9.59 Å². The highest BCUT2D eigenvalue weighted by atomic mass is 16.6. The first-order valence-electron chi connectivity index (χ1n) is 10.4. The Labute approximate surface area is 181 Å². The van der Waals surface area contributed by atoms with Crippen molar-refractivity contribution in [2.24, 2.45) is 11.7 Å². The molecule has 0 aliphatic carbocycles. The molecule has 7 nitrogen and oxygen atoms in total. The van der Waals surface area contributed by atoms with Crippen molar-refractivity contribution in [2.45, 2.75) is 85.6 Å². The van der Waals surface area contributed by atoms with Gasteiger partial charge in [-0.2, -0.15) is 0 Å². The van der Waals surface area contributed by atoms with Gasteiger partial charge in [0.25, 0.3) is 0 Å². The van der Waals surface area contributed by atoms with Gasteiger partial charge in [0.15, 0.2) is 0 Å². The summed E-state index contributed by atoms with van der Waals surface area (Å²) in [6, 6.07) is 5.93. The smallest absolute Gasteiger partial charge is 0.407 e. The van der Waals surface area contributed by atoms with E-state index in [2.05, 4.69) is 16.7 Å². The fourth-order valence-corrected chi connectivity index (χ4v) is 2.96. The Morgan fingerprint density at radius 2 is 1.57 bits per heavy atom. The molecule has 0 radical (unpaired) electrons. The van der Waals surface area contributed by atoms with E-state index in [4.69, 9.17) is 15.2 Å². The van der Waals surface area contributed by atoms with Crippen molar-refractivity contribution in [3.05, 3.63) is 34.9 Å². The molecule has 2 atom stereocenters. The van der Waals surface area contributed by atoms with E-state index in [-0.39, 0.29) is 12.0 Å². The van der Waals surface area contributed by atoms with Crippen LogP contribution in [0.3, 0.4) is 0 Å². The van der Waals surface area contributed by atoms with Crippen molar-refractivity contribution in [1.82, 2.24) is 10.6 Å². The van der Waals surface area contributed by atoms with E-state index >= 15 is 0 Å². The summed E-state index contributed by atoms with van der Waals surface area (Å²) in [5, 5.41) is 5.70. The molecule has 4 N–H and O–H groups in total. The van der Waals surface area contributed by atoms with E-state index in [0.29, 0.717) is 19.5 Å². The Morgan fingerprint density at radius 1 is 1.00 bits per heavy atom. The first-order chi connectivity index (χ1) is 13.7. The van der Waals surface area contributed by atoms with Crippen LogP contribution in [0.5, 0.6) is 0 Å². The Balaban J connectivity index is 2.85. The Hall–Kier alpha value is -2.28. The first kappa shape index (κ1) is 25.8. The Kier molecular flexibility index (Phi) is 9.15. The second kappa shape index (κ2) is 10.7. The molecule has 2 amide bonds. The van der Waals surface area contributed by atoms with Crippen LogP contribution in [0.4, 0.5) is 9.59 Å². The number of aryl methyl sites for hydroxylation is 1. The highest BCUT2D eigenvalue weighted by Gasteiger charge is 2.23. The minimum atomic E-state index is -0.556. The van der Waals surface area contributed by atoms with Crippen molar-refractivity contribution in [3.8, 4) is 0 Å². The van der Waals surface area contributed by atoms with Gasteiger partial charge in [0.05, 0.1) is 0 Å². The zero-order valence-electron chi connectivity index (χ0n) is 19.7.